The SMILES string of the molecule is CC(NS(=O)(=O)C(F)F)c1ccc(S(=O)(=O)Cl)cc1. The van der Waals surface area contributed by atoms with Crippen molar-refractivity contribution in [3.63, 3.8) is 0 Å². The largest absolute Gasteiger partial charge is 0.350 e. The average molecular weight is 334 g/mol. The summed E-state index contributed by atoms with van der Waals surface area (Å²) >= 11 is 0. The Morgan fingerprint density at radius 2 is 1.58 bits per heavy atom. The molecule has 108 valence electrons. The van der Waals surface area contributed by atoms with Crippen LogP contribution in [0.4, 0.5) is 8.78 Å². The topological polar surface area (TPSA) is 80.3 Å². The van der Waals surface area contributed by atoms with Crippen molar-refractivity contribution in [3.8, 4) is 0 Å². The van der Waals surface area contributed by atoms with E-state index in [1.54, 1.807) is 4.72 Å². The Kier molecular flexibility index (Phi) is 4.88. The van der Waals surface area contributed by atoms with Crippen LogP contribution in [-0.4, -0.2) is 22.6 Å². The first-order valence-electron chi connectivity index (χ1n) is 4.88. The number of rotatable bonds is 5. The van der Waals surface area contributed by atoms with Crippen LogP contribution in [-0.2, 0) is 19.1 Å². The van der Waals surface area contributed by atoms with Gasteiger partial charge >= 0.3 is 5.76 Å². The zero-order valence-electron chi connectivity index (χ0n) is 9.55. The number of hydrogen-bond donors (Lipinski definition) is 1. The highest BCUT2D eigenvalue weighted by Gasteiger charge is 2.26. The lowest BCUT2D eigenvalue weighted by Crippen LogP contribution is -2.31. The molecular formula is C9H10ClF2NO4S2. The Hall–Kier alpha value is -0.770. The van der Waals surface area contributed by atoms with E-state index in [2.05, 4.69) is 0 Å². The predicted molar refractivity (Wildman–Crippen MR) is 66.0 cm³/mol. The number of hydrogen-bond acceptors (Lipinski definition) is 4. The minimum absolute atomic E-state index is 0.165. The molecule has 0 radical (unpaired) electrons. The zero-order chi connectivity index (χ0) is 14.8. The molecule has 0 aliphatic rings. The van der Waals surface area contributed by atoms with Gasteiger partial charge in [-0.1, -0.05) is 12.1 Å². The maximum atomic E-state index is 12.2. The molecule has 0 aliphatic carbocycles. The summed E-state index contributed by atoms with van der Waals surface area (Å²) in [7, 11) is -3.49. The molecule has 5 nitrogen and oxygen atoms in total. The van der Waals surface area contributed by atoms with E-state index in [9.17, 15) is 25.6 Å². The second kappa shape index (κ2) is 5.70. The van der Waals surface area contributed by atoms with Crippen molar-refractivity contribution >= 4 is 29.8 Å². The summed E-state index contributed by atoms with van der Waals surface area (Å²) in [5.41, 5.74) is 0.327. The normalized spacial score (nSPS) is 14.6. The summed E-state index contributed by atoms with van der Waals surface area (Å²) in [5.74, 6) is -3.53. The molecule has 1 aromatic carbocycles. The van der Waals surface area contributed by atoms with Gasteiger partial charge in [-0.15, -0.1) is 0 Å². The van der Waals surface area contributed by atoms with Gasteiger partial charge in [-0.2, -0.15) is 8.78 Å². The van der Waals surface area contributed by atoms with Crippen molar-refractivity contribution < 1.29 is 25.6 Å². The first-order chi connectivity index (χ1) is 8.54. The third-order valence-corrected chi connectivity index (χ3v) is 4.76. The molecule has 0 saturated heterocycles. The van der Waals surface area contributed by atoms with Gasteiger partial charge in [0.1, 0.15) is 0 Å². The summed E-state index contributed by atoms with van der Waals surface area (Å²) < 4.78 is 70.0. The molecule has 0 bridgehead atoms. The van der Waals surface area contributed by atoms with E-state index in [0.29, 0.717) is 5.56 Å². The van der Waals surface area contributed by atoms with Gasteiger partial charge < -0.3 is 0 Å². The Labute approximate surface area is 114 Å². The van der Waals surface area contributed by atoms with E-state index in [1.165, 1.54) is 19.1 Å². The van der Waals surface area contributed by atoms with Crippen molar-refractivity contribution in [1.82, 2.24) is 4.72 Å². The van der Waals surface area contributed by atoms with Crippen molar-refractivity contribution in [3.05, 3.63) is 29.8 Å². The van der Waals surface area contributed by atoms with Crippen LogP contribution in [0.2, 0.25) is 0 Å². The van der Waals surface area contributed by atoms with Gasteiger partial charge in [0, 0.05) is 16.7 Å². The highest BCUT2D eigenvalue weighted by atomic mass is 35.7. The van der Waals surface area contributed by atoms with Crippen LogP contribution in [0.25, 0.3) is 0 Å². The number of halogens is 3. The molecule has 10 heteroatoms. The first kappa shape index (κ1) is 16.3. The smallest absolute Gasteiger partial charge is 0.207 e. The fourth-order valence-electron chi connectivity index (χ4n) is 1.28. The van der Waals surface area contributed by atoms with Crippen LogP contribution in [0.3, 0.4) is 0 Å². The Morgan fingerprint density at radius 1 is 1.11 bits per heavy atom. The van der Waals surface area contributed by atoms with Crippen molar-refractivity contribution in [2.24, 2.45) is 0 Å². The van der Waals surface area contributed by atoms with E-state index < -0.39 is 30.9 Å². The lowest BCUT2D eigenvalue weighted by molar-refractivity contribution is 0.231. The molecule has 0 spiro atoms. The van der Waals surface area contributed by atoms with Crippen LogP contribution in [0.15, 0.2) is 29.2 Å². The minimum Gasteiger partial charge on any atom is -0.207 e. The van der Waals surface area contributed by atoms with E-state index in [-0.39, 0.29) is 4.90 Å². The summed E-state index contributed by atoms with van der Waals surface area (Å²) in [6.07, 6.45) is 0. The third kappa shape index (κ3) is 4.37. The molecule has 19 heavy (non-hydrogen) atoms. The third-order valence-electron chi connectivity index (χ3n) is 2.24. The Balaban J connectivity index is 2.94. The number of sulfonamides is 1. The highest BCUT2D eigenvalue weighted by Crippen LogP contribution is 2.20. The lowest BCUT2D eigenvalue weighted by Gasteiger charge is -2.14. The Morgan fingerprint density at radius 3 is 1.95 bits per heavy atom. The van der Waals surface area contributed by atoms with Crippen LogP contribution >= 0.6 is 10.7 Å². The number of nitrogens with one attached hydrogen (secondary N) is 1. The summed E-state index contributed by atoms with van der Waals surface area (Å²) in [5, 5.41) is 0. The lowest BCUT2D eigenvalue weighted by atomic mass is 10.1. The molecule has 1 aromatic rings. The summed E-state index contributed by atoms with van der Waals surface area (Å²) in [4.78, 5) is -0.165. The second-order valence-electron chi connectivity index (χ2n) is 3.65. The van der Waals surface area contributed by atoms with Gasteiger partial charge in [0.25, 0.3) is 19.1 Å². The van der Waals surface area contributed by atoms with Gasteiger partial charge in [0.2, 0.25) is 0 Å². The van der Waals surface area contributed by atoms with Crippen LogP contribution < -0.4 is 4.72 Å². The van der Waals surface area contributed by atoms with Crippen LogP contribution in [0, 0.1) is 0 Å². The molecule has 0 aliphatic heterocycles. The molecule has 0 aromatic heterocycles. The predicted octanol–water partition coefficient (Wildman–Crippen LogP) is 1.82. The standard InChI is InChI=1S/C9H10ClF2NO4S2/c1-6(13-19(16,17)9(11)12)7-2-4-8(5-3-7)18(10,14)15/h2-6,9,13H,1H3. The molecule has 0 fully saturated rings. The van der Waals surface area contributed by atoms with Gasteiger partial charge in [-0.3, -0.25) is 0 Å². The fraction of sp³-hybridized carbons (Fsp3) is 0.333. The molecular weight excluding hydrogens is 324 g/mol. The summed E-state index contributed by atoms with van der Waals surface area (Å²) in [6.45, 7) is 1.35. The maximum Gasteiger partial charge on any atom is 0.350 e. The molecule has 1 atom stereocenters. The molecule has 0 amide bonds. The highest BCUT2D eigenvalue weighted by molar-refractivity contribution is 8.13. The van der Waals surface area contributed by atoms with Gasteiger partial charge in [-0.05, 0) is 24.6 Å². The van der Waals surface area contributed by atoms with Crippen molar-refractivity contribution in [1.29, 1.82) is 0 Å². The van der Waals surface area contributed by atoms with E-state index in [0.717, 1.165) is 12.1 Å². The van der Waals surface area contributed by atoms with E-state index >= 15 is 0 Å². The van der Waals surface area contributed by atoms with Crippen molar-refractivity contribution in [2.75, 3.05) is 0 Å². The summed E-state index contributed by atoms with van der Waals surface area (Å²) in [6, 6.07) is 3.96. The first-order valence-corrected chi connectivity index (χ1v) is 8.73. The average Bonchev–Trinajstić information content (AvgIpc) is 2.27. The second-order valence-corrected chi connectivity index (χ2v) is 7.90. The van der Waals surface area contributed by atoms with E-state index in [1.807, 2.05) is 0 Å². The van der Waals surface area contributed by atoms with Crippen molar-refractivity contribution in [2.45, 2.75) is 23.6 Å². The van der Waals surface area contributed by atoms with E-state index in [4.69, 9.17) is 10.7 Å². The van der Waals surface area contributed by atoms with Crippen LogP contribution in [0.1, 0.15) is 18.5 Å². The van der Waals surface area contributed by atoms with Crippen LogP contribution in [0.5, 0.6) is 0 Å². The Bertz CT molecular complexity index is 643. The zero-order valence-corrected chi connectivity index (χ0v) is 11.9. The molecule has 1 rings (SSSR count). The quantitative estimate of drug-likeness (QED) is 0.833. The number of alkyl halides is 2. The van der Waals surface area contributed by atoms with Gasteiger partial charge in [0.05, 0.1) is 4.90 Å². The fourth-order valence-corrected chi connectivity index (χ4v) is 2.79. The molecule has 1 unspecified atom stereocenters. The monoisotopic (exact) mass is 333 g/mol. The number of benzene rings is 1. The minimum atomic E-state index is -4.71. The molecule has 1 N–H and O–H groups in total. The van der Waals surface area contributed by atoms with Gasteiger partial charge in [-0.25, -0.2) is 21.6 Å². The van der Waals surface area contributed by atoms with Gasteiger partial charge in [0.15, 0.2) is 0 Å². The maximum absolute atomic E-state index is 12.2. The molecule has 0 heterocycles. The molecule has 0 saturated carbocycles.